The number of rotatable bonds is 6. The average molecular weight is 355 g/mol. The molecule has 1 aromatic heterocycles. The summed E-state index contributed by atoms with van der Waals surface area (Å²) in [4.78, 5) is 36.8. The minimum atomic E-state index is -0.809. The lowest BCUT2D eigenvalue weighted by atomic mass is 10.1. The normalized spacial score (nSPS) is 14.5. The highest BCUT2D eigenvalue weighted by Crippen LogP contribution is 2.38. The van der Waals surface area contributed by atoms with Gasteiger partial charge in [0.1, 0.15) is 6.04 Å². The summed E-state index contributed by atoms with van der Waals surface area (Å²) in [7, 11) is 0. The molecule has 1 aromatic carbocycles. The highest BCUT2D eigenvalue weighted by Gasteiger charge is 2.27. The molecule has 1 amide bonds. The number of para-hydroxylation sites is 1. The van der Waals surface area contributed by atoms with Gasteiger partial charge in [0, 0.05) is 12.0 Å². The molecule has 1 fully saturated rings. The summed E-state index contributed by atoms with van der Waals surface area (Å²) in [5.41, 5.74) is 1.10. The maximum Gasteiger partial charge on any atom is 0.340 e. The summed E-state index contributed by atoms with van der Waals surface area (Å²) in [5.74, 6) is -0.562. The van der Waals surface area contributed by atoms with Crippen LogP contribution in [0.1, 0.15) is 54.7 Å². The number of benzene rings is 1. The van der Waals surface area contributed by atoms with Crippen LogP contribution in [0.25, 0.3) is 0 Å². The van der Waals surface area contributed by atoms with Crippen molar-refractivity contribution >= 4 is 17.6 Å². The summed E-state index contributed by atoms with van der Waals surface area (Å²) in [6, 6.07) is 8.95. The number of ether oxygens (including phenoxy) is 1. The standard InChI is InChI=1S/C19H21N3O4/c1-3-26-19(25)14-6-4-5-7-16(14)20-18(24)12(2)22-17(23)11-10-15(21-22)13-8-9-13/h4-7,10-13H,3,8-9H2,1-2H3,(H,20,24). The topological polar surface area (TPSA) is 90.3 Å². The summed E-state index contributed by atoms with van der Waals surface area (Å²) < 4.78 is 6.20. The predicted molar refractivity (Wildman–Crippen MR) is 96.2 cm³/mol. The van der Waals surface area contributed by atoms with Gasteiger partial charge in [-0.15, -0.1) is 0 Å². The molecule has 2 aromatic rings. The van der Waals surface area contributed by atoms with E-state index >= 15 is 0 Å². The van der Waals surface area contributed by atoms with Gasteiger partial charge in [-0.2, -0.15) is 5.10 Å². The second-order valence-corrected chi connectivity index (χ2v) is 6.25. The smallest absolute Gasteiger partial charge is 0.340 e. The van der Waals surface area contributed by atoms with E-state index < -0.39 is 17.9 Å². The van der Waals surface area contributed by atoms with Crippen LogP contribution in [0, 0.1) is 0 Å². The van der Waals surface area contributed by atoms with Crippen molar-refractivity contribution in [3.05, 3.63) is 58.0 Å². The van der Waals surface area contributed by atoms with E-state index in [1.54, 1.807) is 44.2 Å². The molecule has 0 radical (unpaired) electrons. The zero-order chi connectivity index (χ0) is 18.7. The Morgan fingerprint density at radius 2 is 2.00 bits per heavy atom. The molecule has 1 N–H and O–H groups in total. The Bertz CT molecular complexity index is 886. The maximum absolute atomic E-state index is 12.6. The lowest BCUT2D eigenvalue weighted by Gasteiger charge is -2.16. The third-order valence-electron chi connectivity index (χ3n) is 4.27. The first-order valence-corrected chi connectivity index (χ1v) is 8.68. The number of hydrogen-bond acceptors (Lipinski definition) is 5. The third-order valence-corrected chi connectivity index (χ3v) is 4.27. The molecule has 1 saturated carbocycles. The number of esters is 1. The molecule has 0 spiro atoms. The first-order valence-electron chi connectivity index (χ1n) is 8.68. The SMILES string of the molecule is CCOC(=O)c1ccccc1NC(=O)C(C)n1nc(C2CC2)ccc1=O. The van der Waals surface area contributed by atoms with Crippen LogP contribution >= 0.6 is 0 Å². The number of anilines is 1. The van der Waals surface area contributed by atoms with E-state index in [0.29, 0.717) is 11.6 Å². The summed E-state index contributed by atoms with van der Waals surface area (Å²) in [6.45, 7) is 3.56. The Balaban J connectivity index is 1.81. The van der Waals surface area contributed by atoms with Gasteiger partial charge in [0.2, 0.25) is 5.91 Å². The van der Waals surface area contributed by atoms with Crippen LogP contribution in [0.3, 0.4) is 0 Å². The second kappa shape index (κ2) is 7.51. The van der Waals surface area contributed by atoms with Crippen LogP contribution < -0.4 is 10.9 Å². The molecule has 3 rings (SSSR count). The fourth-order valence-corrected chi connectivity index (χ4v) is 2.64. The molecule has 136 valence electrons. The van der Waals surface area contributed by atoms with E-state index in [4.69, 9.17) is 4.74 Å². The maximum atomic E-state index is 12.6. The van der Waals surface area contributed by atoms with E-state index in [1.807, 2.05) is 0 Å². The average Bonchev–Trinajstić information content (AvgIpc) is 3.47. The molecular formula is C19H21N3O4. The zero-order valence-electron chi connectivity index (χ0n) is 14.8. The highest BCUT2D eigenvalue weighted by molar-refractivity contribution is 6.02. The van der Waals surface area contributed by atoms with Gasteiger partial charge >= 0.3 is 5.97 Å². The van der Waals surface area contributed by atoms with Gasteiger partial charge in [-0.1, -0.05) is 12.1 Å². The quantitative estimate of drug-likeness (QED) is 0.804. The number of aromatic nitrogens is 2. The largest absolute Gasteiger partial charge is 0.462 e. The Labute approximate surface area is 151 Å². The van der Waals surface area contributed by atoms with Crippen LogP contribution in [-0.4, -0.2) is 28.3 Å². The lowest BCUT2D eigenvalue weighted by Crippen LogP contribution is -2.33. The van der Waals surface area contributed by atoms with Crippen LogP contribution in [-0.2, 0) is 9.53 Å². The fraction of sp³-hybridized carbons (Fsp3) is 0.368. The molecule has 0 saturated heterocycles. The molecule has 7 heteroatoms. The van der Waals surface area contributed by atoms with Crippen molar-refractivity contribution in [1.29, 1.82) is 0 Å². The molecule has 1 atom stereocenters. The molecule has 1 unspecified atom stereocenters. The van der Waals surface area contributed by atoms with Crippen molar-refractivity contribution in [2.75, 3.05) is 11.9 Å². The fourth-order valence-electron chi connectivity index (χ4n) is 2.64. The van der Waals surface area contributed by atoms with E-state index in [1.165, 1.54) is 10.7 Å². The van der Waals surface area contributed by atoms with Crippen LogP contribution in [0.2, 0.25) is 0 Å². The Morgan fingerprint density at radius 3 is 2.69 bits per heavy atom. The van der Waals surface area contributed by atoms with E-state index in [-0.39, 0.29) is 17.7 Å². The first kappa shape index (κ1) is 17.8. The van der Waals surface area contributed by atoms with Gasteiger partial charge in [0.25, 0.3) is 5.56 Å². The second-order valence-electron chi connectivity index (χ2n) is 6.25. The summed E-state index contributed by atoms with van der Waals surface area (Å²) in [6.07, 6.45) is 2.11. The molecule has 1 heterocycles. The Morgan fingerprint density at radius 1 is 1.27 bits per heavy atom. The minimum absolute atomic E-state index is 0.241. The van der Waals surface area contributed by atoms with Gasteiger partial charge in [0.15, 0.2) is 0 Å². The highest BCUT2D eigenvalue weighted by atomic mass is 16.5. The van der Waals surface area contributed by atoms with Crippen molar-refractivity contribution in [3.8, 4) is 0 Å². The molecular weight excluding hydrogens is 334 g/mol. The molecule has 1 aliphatic rings. The van der Waals surface area contributed by atoms with Crippen LogP contribution in [0.5, 0.6) is 0 Å². The minimum Gasteiger partial charge on any atom is -0.462 e. The van der Waals surface area contributed by atoms with Crippen molar-refractivity contribution in [2.24, 2.45) is 0 Å². The van der Waals surface area contributed by atoms with Gasteiger partial charge in [-0.05, 0) is 44.9 Å². The molecule has 7 nitrogen and oxygen atoms in total. The molecule has 26 heavy (non-hydrogen) atoms. The lowest BCUT2D eigenvalue weighted by molar-refractivity contribution is -0.119. The number of carbonyl (C=O) groups is 2. The van der Waals surface area contributed by atoms with Gasteiger partial charge < -0.3 is 10.1 Å². The van der Waals surface area contributed by atoms with Crippen molar-refractivity contribution in [1.82, 2.24) is 9.78 Å². The summed E-state index contributed by atoms with van der Waals surface area (Å²) in [5, 5.41) is 7.04. The van der Waals surface area contributed by atoms with E-state index in [2.05, 4.69) is 10.4 Å². The van der Waals surface area contributed by atoms with E-state index in [9.17, 15) is 14.4 Å². The van der Waals surface area contributed by atoms with Crippen molar-refractivity contribution in [3.63, 3.8) is 0 Å². The van der Waals surface area contributed by atoms with Gasteiger partial charge in [0.05, 0.1) is 23.6 Å². The van der Waals surface area contributed by atoms with Crippen LogP contribution in [0.4, 0.5) is 5.69 Å². The third kappa shape index (κ3) is 3.82. The van der Waals surface area contributed by atoms with Crippen LogP contribution in [0.15, 0.2) is 41.2 Å². The number of carbonyl (C=O) groups excluding carboxylic acids is 2. The number of nitrogens with one attached hydrogen (secondary N) is 1. The first-order chi connectivity index (χ1) is 12.5. The number of amides is 1. The van der Waals surface area contributed by atoms with Crippen molar-refractivity contribution < 1.29 is 14.3 Å². The zero-order valence-corrected chi connectivity index (χ0v) is 14.8. The van der Waals surface area contributed by atoms with Gasteiger partial charge in [-0.25, -0.2) is 9.48 Å². The number of hydrogen-bond donors (Lipinski definition) is 1. The predicted octanol–water partition coefficient (Wildman–Crippen LogP) is 2.50. The molecule has 0 bridgehead atoms. The monoisotopic (exact) mass is 355 g/mol. The molecule has 0 aliphatic heterocycles. The Hall–Kier alpha value is -2.96. The summed E-state index contributed by atoms with van der Waals surface area (Å²) >= 11 is 0. The van der Waals surface area contributed by atoms with Gasteiger partial charge in [-0.3, -0.25) is 9.59 Å². The Kier molecular flexibility index (Phi) is 5.16. The van der Waals surface area contributed by atoms with Crippen molar-refractivity contribution in [2.45, 2.75) is 38.6 Å². The molecule has 1 aliphatic carbocycles. The van der Waals surface area contributed by atoms with E-state index in [0.717, 1.165) is 18.5 Å². The number of nitrogens with zero attached hydrogens (tertiary/aromatic N) is 2.